The summed E-state index contributed by atoms with van der Waals surface area (Å²) in [7, 11) is 1.69. The Balaban J connectivity index is 2.58. The lowest BCUT2D eigenvalue weighted by Crippen LogP contribution is -2.33. The van der Waals surface area contributed by atoms with Crippen LogP contribution in [0, 0.1) is 0 Å². The highest BCUT2D eigenvalue weighted by Crippen LogP contribution is 2.20. The van der Waals surface area contributed by atoms with Gasteiger partial charge in [-0.1, -0.05) is 19.1 Å². The predicted octanol–water partition coefficient (Wildman–Crippen LogP) is 3.16. The Morgan fingerprint density at radius 1 is 1.17 bits per heavy atom. The van der Waals surface area contributed by atoms with Crippen LogP contribution in [0.15, 0.2) is 24.3 Å². The van der Waals surface area contributed by atoms with E-state index in [1.54, 1.807) is 7.11 Å². The summed E-state index contributed by atoms with van der Waals surface area (Å²) in [6.07, 6.45) is 1.06. The van der Waals surface area contributed by atoms with Crippen LogP contribution in [0.1, 0.15) is 38.8 Å². The van der Waals surface area contributed by atoms with Crippen LogP contribution >= 0.6 is 0 Å². The zero-order valence-corrected chi connectivity index (χ0v) is 11.9. The number of methoxy groups -OCH3 is 1. The maximum atomic E-state index is 5.43. The molecule has 0 fully saturated rings. The molecule has 0 heterocycles. The van der Waals surface area contributed by atoms with Crippen LogP contribution in [0.3, 0.4) is 0 Å². The van der Waals surface area contributed by atoms with E-state index in [2.05, 4.69) is 31.3 Å². The van der Waals surface area contributed by atoms with Crippen LogP contribution in [0.4, 0.5) is 0 Å². The molecular formula is C15H25NO2. The summed E-state index contributed by atoms with van der Waals surface area (Å²) in [5.74, 6) is 0.899. The van der Waals surface area contributed by atoms with Gasteiger partial charge in [-0.05, 0) is 38.0 Å². The number of nitrogens with one attached hydrogen (secondary N) is 1. The molecule has 0 amide bonds. The van der Waals surface area contributed by atoms with Crippen LogP contribution in [0.25, 0.3) is 0 Å². The van der Waals surface area contributed by atoms with E-state index in [4.69, 9.17) is 9.47 Å². The molecule has 18 heavy (non-hydrogen) atoms. The van der Waals surface area contributed by atoms with Gasteiger partial charge in [-0.15, -0.1) is 0 Å². The second-order valence-corrected chi connectivity index (χ2v) is 4.46. The fraction of sp³-hybridized carbons (Fsp3) is 0.600. The van der Waals surface area contributed by atoms with Crippen LogP contribution < -0.4 is 10.1 Å². The largest absolute Gasteiger partial charge is 0.497 e. The second-order valence-electron chi connectivity index (χ2n) is 4.46. The highest BCUT2D eigenvalue weighted by Gasteiger charge is 2.12. The van der Waals surface area contributed by atoms with Crippen molar-refractivity contribution in [3.63, 3.8) is 0 Å². The van der Waals surface area contributed by atoms with Crippen LogP contribution in [-0.4, -0.2) is 26.4 Å². The molecule has 0 radical (unpaired) electrons. The fourth-order valence-electron chi connectivity index (χ4n) is 1.97. The Morgan fingerprint density at radius 2 is 1.83 bits per heavy atom. The molecule has 0 aliphatic carbocycles. The van der Waals surface area contributed by atoms with Crippen LogP contribution in [0.2, 0.25) is 0 Å². The minimum atomic E-state index is 0.358. The minimum absolute atomic E-state index is 0.358. The van der Waals surface area contributed by atoms with E-state index in [0.717, 1.165) is 25.4 Å². The first kappa shape index (κ1) is 15.0. The molecule has 0 aliphatic heterocycles. The first-order valence-electron chi connectivity index (χ1n) is 6.69. The van der Waals surface area contributed by atoms with Gasteiger partial charge in [-0.2, -0.15) is 0 Å². The average molecular weight is 251 g/mol. The van der Waals surface area contributed by atoms with E-state index < -0.39 is 0 Å². The Kier molecular flexibility index (Phi) is 6.76. The molecule has 0 bridgehead atoms. The normalized spacial score (nSPS) is 14.2. The molecule has 3 nitrogen and oxygen atoms in total. The number of hydrogen-bond acceptors (Lipinski definition) is 3. The smallest absolute Gasteiger partial charge is 0.118 e. The molecule has 2 unspecified atom stereocenters. The standard InChI is InChI=1S/C15H25NO2/c1-5-15(16-12(3)11-18-6-2)13-7-9-14(17-4)10-8-13/h7-10,12,15-16H,5-6,11H2,1-4H3. The van der Waals surface area contributed by atoms with Crippen molar-refractivity contribution in [2.24, 2.45) is 0 Å². The Bertz CT molecular complexity index is 324. The van der Waals surface area contributed by atoms with Crippen molar-refractivity contribution in [3.05, 3.63) is 29.8 Å². The van der Waals surface area contributed by atoms with Gasteiger partial charge in [-0.3, -0.25) is 0 Å². The van der Waals surface area contributed by atoms with E-state index in [9.17, 15) is 0 Å². The summed E-state index contributed by atoms with van der Waals surface area (Å²) >= 11 is 0. The van der Waals surface area contributed by atoms with Gasteiger partial charge in [-0.25, -0.2) is 0 Å². The summed E-state index contributed by atoms with van der Waals surface area (Å²) in [5.41, 5.74) is 1.29. The van der Waals surface area contributed by atoms with E-state index in [-0.39, 0.29) is 0 Å². The third-order valence-corrected chi connectivity index (χ3v) is 2.98. The lowest BCUT2D eigenvalue weighted by atomic mass is 10.0. The number of rotatable bonds is 8. The van der Waals surface area contributed by atoms with E-state index >= 15 is 0 Å². The maximum Gasteiger partial charge on any atom is 0.118 e. The van der Waals surface area contributed by atoms with Crippen molar-refractivity contribution in [1.29, 1.82) is 0 Å². The fourth-order valence-corrected chi connectivity index (χ4v) is 1.97. The zero-order chi connectivity index (χ0) is 13.4. The van der Waals surface area contributed by atoms with E-state index in [0.29, 0.717) is 12.1 Å². The van der Waals surface area contributed by atoms with Gasteiger partial charge in [0.2, 0.25) is 0 Å². The van der Waals surface area contributed by atoms with Crippen molar-refractivity contribution in [2.75, 3.05) is 20.3 Å². The van der Waals surface area contributed by atoms with Gasteiger partial charge in [0.25, 0.3) is 0 Å². The topological polar surface area (TPSA) is 30.5 Å². The maximum absolute atomic E-state index is 5.43. The first-order valence-corrected chi connectivity index (χ1v) is 6.69. The van der Waals surface area contributed by atoms with Crippen molar-refractivity contribution in [2.45, 2.75) is 39.3 Å². The van der Waals surface area contributed by atoms with Crippen molar-refractivity contribution >= 4 is 0 Å². The van der Waals surface area contributed by atoms with Crippen molar-refractivity contribution < 1.29 is 9.47 Å². The predicted molar refractivity (Wildman–Crippen MR) is 75.1 cm³/mol. The number of hydrogen-bond donors (Lipinski definition) is 1. The van der Waals surface area contributed by atoms with E-state index in [1.807, 2.05) is 19.1 Å². The average Bonchev–Trinajstić information content (AvgIpc) is 2.42. The van der Waals surface area contributed by atoms with Gasteiger partial charge in [0, 0.05) is 18.7 Å². The molecular weight excluding hydrogens is 226 g/mol. The molecule has 2 atom stereocenters. The monoisotopic (exact) mass is 251 g/mol. The summed E-state index contributed by atoms with van der Waals surface area (Å²) < 4.78 is 10.6. The van der Waals surface area contributed by atoms with Crippen molar-refractivity contribution in [1.82, 2.24) is 5.32 Å². The lowest BCUT2D eigenvalue weighted by molar-refractivity contribution is 0.123. The lowest BCUT2D eigenvalue weighted by Gasteiger charge is -2.22. The van der Waals surface area contributed by atoms with Gasteiger partial charge in [0.15, 0.2) is 0 Å². The molecule has 0 saturated carbocycles. The Morgan fingerprint density at radius 3 is 2.33 bits per heavy atom. The quantitative estimate of drug-likeness (QED) is 0.770. The summed E-state index contributed by atoms with van der Waals surface area (Å²) in [5, 5.41) is 3.59. The second kappa shape index (κ2) is 8.11. The first-order chi connectivity index (χ1) is 8.71. The Hall–Kier alpha value is -1.06. The van der Waals surface area contributed by atoms with Gasteiger partial charge >= 0.3 is 0 Å². The summed E-state index contributed by atoms with van der Waals surface area (Å²) in [6, 6.07) is 8.98. The molecule has 1 aromatic rings. The van der Waals surface area contributed by atoms with Crippen LogP contribution in [0.5, 0.6) is 5.75 Å². The molecule has 1 rings (SSSR count). The number of ether oxygens (including phenoxy) is 2. The van der Waals surface area contributed by atoms with Crippen molar-refractivity contribution in [3.8, 4) is 5.75 Å². The molecule has 3 heteroatoms. The van der Waals surface area contributed by atoms with Crippen LogP contribution in [-0.2, 0) is 4.74 Å². The van der Waals surface area contributed by atoms with Gasteiger partial charge < -0.3 is 14.8 Å². The molecule has 1 aromatic carbocycles. The third-order valence-electron chi connectivity index (χ3n) is 2.98. The van der Waals surface area contributed by atoms with Gasteiger partial charge in [0.1, 0.15) is 5.75 Å². The molecule has 0 saturated heterocycles. The SMILES string of the molecule is CCOCC(C)NC(CC)c1ccc(OC)cc1. The highest BCUT2D eigenvalue weighted by atomic mass is 16.5. The molecule has 0 aromatic heterocycles. The molecule has 0 spiro atoms. The molecule has 102 valence electrons. The number of benzene rings is 1. The molecule has 0 aliphatic rings. The van der Waals surface area contributed by atoms with E-state index in [1.165, 1.54) is 5.56 Å². The zero-order valence-electron chi connectivity index (χ0n) is 11.9. The highest BCUT2D eigenvalue weighted by molar-refractivity contribution is 5.29. The third kappa shape index (κ3) is 4.67. The Labute approximate surface area is 110 Å². The molecule has 1 N–H and O–H groups in total. The minimum Gasteiger partial charge on any atom is -0.497 e. The van der Waals surface area contributed by atoms with Gasteiger partial charge in [0.05, 0.1) is 13.7 Å². The summed E-state index contributed by atoms with van der Waals surface area (Å²) in [6.45, 7) is 7.89. The summed E-state index contributed by atoms with van der Waals surface area (Å²) in [4.78, 5) is 0.